The van der Waals surface area contributed by atoms with Gasteiger partial charge >= 0.3 is 0 Å². The van der Waals surface area contributed by atoms with Gasteiger partial charge in [0.2, 0.25) is 10.0 Å². The van der Waals surface area contributed by atoms with E-state index in [1.165, 1.54) is 35.8 Å². The molecule has 0 aliphatic heterocycles. The van der Waals surface area contributed by atoms with E-state index in [9.17, 15) is 13.2 Å². The fraction of sp³-hybridized carbons (Fsp3) is 0.250. The van der Waals surface area contributed by atoms with Crippen molar-refractivity contribution in [1.82, 2.24) is 10.0 Å². The summed E-state index contributed by atoms with van der Waals surface area (Å²) in [6.07, 6.45) is 0. The van der Waals surface area contributed by atoms with Gasteiger partial charge in [-0.1, -0.05) is 6.07 Å². The first-order chi connectivity index (χ1) is 9.44. The van der Waals surface area contributed by atoms with E-state index in [4.69, 9.17) is 0 Å². The summed E-state index contributed by atoms with van der Waals surface area (Å²) in [5.74, 6) is -0.280. The zero-order valence-corrected chi connectivity index (χ0v) is 13.4. The number of rotatable bonds is 5. The average molecular weight is 330 g/mol. The normalized spacial score (nSPS) is 11.5. The molecule has 0 aliphatic rings. The maximum atomic E-state index is 12.2. The van der Waals surface area contributed by atoms with Crippen molar-refractivity contribution in [1.29, 1.82) is 0 Å². The molecule has 8 heteroatoms. The molecule has 2 N–H and O–H groups in total. The van der Waals surface area contributed by atoms with Gasteiger partial charge in [-0.05, 0) is 24.4 Å². The summed E-state index contributed by atoms with van der Waals surface area (Å²) in [4.78, 5) is 13.6. The fourth-order valence-electron chi connectivity index (χ4n) is 1.62. The Bertz CT molecular complexity index is 702. The van der Waals surface area contributed by atoms with Crippen molar-refractivity contribution in [2.24, 2.45) is 0 Å². The van der Waals surface area contributed by atoms with Gasteiger partial charge in [-0.25, -0.2) is 13.1 Å². The summed E-state index contributed by atoms with van der Waals surface area (Å²) in [7, 11) is -2.09. The Hall–Kier alpha value is -1.22. The molecule has 2 heterocycles. The summed E-state index contributed by atoms with van der Waals surface area (Å²) in [6.45, 7) is 1.95. The first-order valence-corrected chi connectivity index (χ1v) is 8.96. The number of sulfonamides is 1. The molecule has 0 radical (unpaired) electrons. The Kier molecular flexibility index (Phi) is 4.59. The highest BCUT2D eigenvalue weighted by Gasteiger charge is 2.21. The van der Waals surface area contributed by atoms with Crippen molar-refractivity contribution in [3.63, 3.8) is 0 Å². The third-order valence-electron chi connectivity index (χ3n) is 2.63. The molecule has 5 nitrogen and oxygen atoms in total. The van der Waals surface area contributed by atoms with Crippen LogP contribution in [0.2, 0.25) is 0 Å². The number of hydrogen-bond donors (Lipinski definition) is 2. The highest BCUT2D eigenvalue weighted by atomic mass is 32.2. The number of thiophene rings is 2. The van der Waals surface area contributed by atoms with E-state index in [-0.39, 0.29) is 17.3 Å². The predicted octanol–water partition coefficient (Wildman–Crippen LogP) is 1.96. The van der Waals surface area contributed by atoms with E-state index < -0.39 is 10.0 Å². The summed E-state index contributed by atoms with van der Waals surface area (Å²) in [5.41, 5.74) is 0. The highest BCUT2D eigenvalue weighted by molar-refractivity contribution is 7.89. The van der Waals surface area contributed by atoms with Crippen LogP contribution < -0.4 is 10.0 Å². The lowest BCUT2D eigenvalue weighted by molar-refractivity contribution is 0.0967. The van der Waals surface area contributed by atoms with Crippen molar-refractivity contribution < 1.29 is 13.2 Å². The van der Waals surface area contributed by atoms with Gasteiger partial charge in [-0.15, -0.1) is 22.7 Å². The molecule has 2 aromatic rings. The highest BCUT2D eigenvalue weighted by Crippen LogP contribution is 2.25. The molecule has 0 saturated carbocycles. The lowest BCUT2D eigenvalue weighted by atomic mass is 10.4. The van der Waals surface area contributed by atoms with E-state index in [1.54, 1.807) is 6.92 Å². The van der Waals surface area contributed by atoms with E-state index in [1.807, 2.05) is 17.5 Å². The van der Waals surface area contributed by atoms with Crippen LogP contribution in [0, 0.1) is 6.92 Å². The molecule has 0 saturated heterocycles. The van der Waals surface area contributed by atoms with Crippen LogP contribution in [-0.4, -0.2) is 21.4 Å². The minimum absolute atomic E-state index is 0.164. The summed E-state index contributed by atoms with van der Waals surface area (Å²) < 4.78 is 27.0. The smallest absolute Gasteiger partial charge is 0.261 e. The maximum Gasteiger partial charge on any atom is 0.261 e. The standard InChI is InChI=1S/C12H14N2O3S3/c1-8-11(6-10(19-8)12(15)13-2)20(16,17)14-7-9-4-3-5-18-9/h3-6,14H,7H2,1-2H3,(H,13,15). The second-order valence-corrected chi connectivity index (χ2v) is 8.04. The van der Waals surface area contributed by atoms with Crippen LogP contribution in [0.1, 0.15) is 19.4 Å². The molecule has 0 unspecified atom stereocenters. The summed E-state index contributed by atoms with van der Waals surface area (Å²) in [5, 5.41) is 4.38. The predicted molar refractivity (Wildman–Crippen MR) is 80.8 cm³/mol. The number of carbonyl (C=O) groups is 1. The van der Waals surface area contributed by atoms with E-state index >= 15 is 0 Å². The quantitative estimate of drug-likeness (QED) is 0.880. The maximum absolute atomic E-state index is 12.2. The molecule has 0 aliphatic carbocycles. The molecular formula is C12H14N2O3S3. The summed E-state index contributed by atoms with van der Waals surface area (Å²) >= 11 is 2.66. The lowest BCUT2D eigenvalue weighted by Gasteiger charge is -2.04. The van der Waals surface area contributed by atoms with E-state index in [2.05, 4.69) is 10.0 Å². The molecule has 20 heavy (non-hydrogen) atoms. The number of nitrogens with one attached hydrogen (secondary N) is 2. The Balaban J connectivity index is 2.21. The fourth-order valence-corrected chi connectivity index (χ4v) is 4.90. The Morgan fingerprint density at radius 2 is 2.15 bits per heavy atom. The average Bonchev–Trinajstić information content (AvgIpc) is 3.05. The molecule has 0 atom stereocenters. The van der Waals surface area contributed by atoms with Gasteiger partial charge in [0.05, 0.1) is 9.77 Å². The summed E-state index contributed by atoms with van der Waals surface area (Å²) in [6, 6.07) is 5.15. The number of aryl methyl sites for hydroxylation is 1. The van der Waals surface area contributed by atoms with Gasteiger partial charge in [0.15, 0.2) is 0 Å². The van der Waals surface area contributed by atoms with Gasteiger partial charge in [-0.3, -0.25) is 4.79 Å². The van der Waals surface area contributed by atoms with Gasteiger partial charge in [0.25, 0.3) is 5.91 Å². The Morgan fingerprint density at radius 3 is 2.75 bits per heavy atom. The van der Waals surface area contributed by atoms with Crippen molar-refractivity contribution in [3.8, 4) is 0 Å². The zero-order chi connectivity index (χ0) is 14.8. The van der Waals surface area contributed by atoms with Crippen LogP contribution in [0.25, 0.3) is 0 Å². The first kappa shape index (κ1) is 15.2. The van der Waals surface area contributed by atoms with Crippen LogP contribution in [-0.2, 0) is 16.6 Å². The number of amides is 1. The molecule has 2 aromatic heterocycles. The van der Waals surface area contributed by atoms with Gasteiger partial charge < -0.3 is 5.32 Å². The second-order valence-electron chi connectivity index (χ2n) is 4.01. The van der Waals surface area contributed by atoms with Crippen LogP contribution in [0.3, 0.4) is 0 Å². The number of hydrogen-bond acceptors (Lipinski definition) is 5. The van der Waals surface area contributed by atoms with E-state index in [0.29, 0.717) is 9.75 Å². The van der Waals surface area contributed by atoms with Crippen molar-refractivity contribution in [3.05, 3.63) is 38.2 Å². The third kappa shape index (κ3) is 3.26. The molecular weight excluding hydrogens is 316 g/mol. The Labute approximate surface area is 125 Å². The first-order valence-electron chi connectivity index (χ1n) is 5.78. The minimum atomic E-state index is -3.60. The van der Waals surface area contributed by atoms with Gasteiger partial charge in [0, 0.05) is 23.3 Å². The van der Waals surface area contributed by atoms with Crippen molar-refractivity contribution >= 4 is 38.6 Å². The molecule has 0 spiro atoms. The van der Waals surface area contributed by atoms with Crippen LogP contribution in [0.5, 0.6) is 0 Å². The monoisotopic (exact) mass is 330 g/mol. The molecule has 2 rings (SSSR count). The van der Waals surface area contributed by atoms with Crippen molar-refractivity contribution in [2.45, 2.75) is 18.4 Å². The minimum Gasteiger partial charge on any atom is -0.354 e. The van der Waals surface area contributed by atoms with Crippen LogP contribution in [0.15, 0.2) is 28.5 Å². The largest absolute Gasteiger partial charge is 0.354 e. The molecule has 0 aromatic carbocycles. The van der Waals surface area contributed by atoms with Crippen molar-refractivity contribution in [2.75, 3.05) is 7.05 Å². The topological polar surface area (TPSA) is 75.3 Å². The SMILES string of the molecule is CNC(=O)c1cc(S(=O)(=O)NCc2cccs2)c(C)s1. The van der Waals surface area contributed by atoms with E-state index in [0.717, 1.165) is 4.88 Å². The third-order valence-corrected chi connectivity index (χ3v) is 6.21. The number of carbonyl (C=O) groups excluding carboxylic acids is 1. The van der Waals surface area contributed by atoms with Gasteiger partial charge in [-0.2, -0.15) is 0 Å². The molecule has 0 bridgehead atoms. The van der Waals surface area contributed by atoms with Crippen LogP contribution >= 0.6 is 22.7 Å². The lowest BCUT2D eigenvalue weighted by Crippen LogP contribution is -2.23. The second kappa shape index (κ2) is 6.04. The molecule has 108 valence electrons. The zero-order valence-electron chi connectivity index (χ0n) is 11.0. The van der Waals surface area contributed by atoms with Gasteiger partial charge in [0.1, 0.15) is 0 Å². The molecule has 0 fully saturated rings. The molecule has 1 amide bonds. The Morgan fingerprint density at radius 1 is 1.40 bits per heavy atom. The van der Waals surface area contributed by atoms with Crippen LogP contribution in [0.4, 0.5) is 0 Å².